The summed E-state index contributed by atoms with van der Waals surface area (Å²) >= 11 is 0. The SMILES string of the molecule is O=C(O)c1cn(CCNC(=O)c2ccc(F)cc2O)nn1. The lowest BCUT2D eigenvalue weighted by Crippen LogP contribution is -2.27. The molecule has 0 radical (unpaired) electrons. The van der Waals surface area contributed by atoms with Crippen LogP contribution in [0, 0.1) is 5.82 Å². The number of rotatable bonds is 5. The van der Waals surface area contributed by atoms with Crippen molar-refractivity contribution in [3.8, 4) is 5.75 Å². The maximum atomic E-state index is 12.8. The summed E-state index contributed by atoms with van der Waals surface area (Å²) < 4.78 is 14.1. The van der Waals surface area contributed by atoms with E-state index in [0.29, 0.717) is 0 Å². The number of benzene rings is 1. The fraction of sp³-hybridized carbons (Fsp3) is 0.167. The molecule has 0 saturated heterocycles. The van der Waals surface area contributed by atoms with Crippen molar-refractivity contribution in [2.75, 3.05) is 6.54 Å². The molecule has 0 spiro atoms. The molecule has 9 heteroatoms. The van der Waals surface area contributed by atoms with Crippen molar-refractivity contribution in [2.45, 2.75) is 6.54 Å². The molecule has 0 aliphatic carbocycles. The number of carbonyl (C=O) groups excluding carboxylic acids is 1. The molecule has 2 rings (SSSR count). The van der Waals surface area contributed by atoms with Crippen LogP contribution in [0.15, 0.2) is 24.4 Å². The lowest BCUT2D eigenvalue weighted by Gasteiger charge is -2.06. The second-order valence-electron chi connectivity index (χ2n) is 4.09. The first-order valence-electron chi connectivity index (χ1n) is 5.87. The van der Waals surface area contributed by atoms with Crippen LogP contribution in [0.2, 0.25) is 0 Å². The first-order chi connectivity index (χ1) is 9.97. The van der Waals surface area contributed by atoms with Gasteiger partial charge in [0.25, 0.3) is 5.91 Å². The number of carboxylic acids is 1. The van der Waals surface area contributed by atoms with Gasteiger partial charge in [0.05, 0.1) is 18.3 Å². The molecule has 3 N–H and O–H groups in total. The first kappa shape index (κ1) is 14.4. The lowest BCUT2D eigenvalue weighted by atomic mass is 10.2. The normalized spacial score (nSPS) is 10.3. The van der Waals surface area contributed by atoms with Crippen molar-refractivity contribution in [1.82, 2.24) is 20.3 Å². The predicted octanol–water partition coefficient (Wildman–Crippen LogP) is 0.251. The summed E-state index contributed by atoms with van der Waals surface area (Å²) in [6.45, 7) is 0.339. The van der Waals surface area contributed by atoms with Gasteiger partial charge in [0.2, 0.25) is 0 Å². The molecule has 0 bridgehead atoms. The summed E-state index contributed by atoms with van der Waals surface area (Å²) in [5.41, 5.74) is -0.251. The van der Waals surface area contributed by atoms with E-state index < -0.39 is 23.4 Å². The third kappa shape index (κ3) is 3.53. The van der Waals surface area contributed by atoms with Gasteiger partial charge in [-0.2, -0.15) is 0 Å². The van der Waals surface area contributed by atoms with Crippen molar-refractivity contribution in [3.05, 3.63) is 41.5 Å². The van der Waals surface area contributed by atoms with Crippen molar-refractivity contribution in [2.24, 2.45) is 0 Å². The van der Waals surface area contributed by atoms with Crippen LogP contribution in [-0.2, 0) is 6.54 Å². The Morgan fingerprint density at radius 3 is 2.76 bits per heavy atom. The Labute approximate surface area is 117 Å². The smallest absolute Gasteiger partial charge is 0.358 e. The maximum absolute atomic E-state index is 12.8. The van der Waals surface area contributed by atoms with Gasteiger partial charge in [-0.1, -0.05) is 5.21 Å². The summed E-state index contributed by atoms with van der Waals surface area (Å²) in [6, 6.07) is 3.06. The number of hydrogen-bond donors (Lipinski definition) is 3. The van der Waals surface area contributed by atoms with E-state index in [-0.39, 0.29) is 24.3 Å². The molecule has 1 aromatic carbocycles. The zero-order valence-electron chi connectivity index (χ0n) is 10.7. The average Bonchev–Trinajstić information content (AvgIpc) is 2.87. The molecular formula is C12H11FN4O4. The van der Waals surface area contributed by atoms with E-state index >= 15 is 0 Å². The van der Waals surface area contributed by atoms with Crippen LogP contribution in [0.1, 0.15) is 20.8 Å². The van der Waals surface area contributed by atoms with Crippen molar-refractivity contribution in [1.29, 1.82) is 0 Å². The summed E-state index contributed by atoms with van der Waals surface area (Å²) in [6.07, 6.45) is 1.23. The highest BCUT2D eigenvalue weighted by atomic mass is 19.1. The Hall–Kier alpha value is -2.97. The van der Waals surface area contributed by atoms with Gasteiger partial charge in [-0.3, -0.25) is 4.79 Å². The van der Waals surface area contributed by atoms with Gasteiger partial charge in [-0.25, -0.2) is 13.9 Å². The highest BCUT2D eigenvalue weighted by Gasteiger charge is 2.12. The van der Waals surface area contributed by atoms with Gasteiger partial charge in [-0.15, -0.1) is 5.10 Å². The van der Waals surface area contributed by atoms with Gasteiger partial charge in [0.15, 0.2) is 5.69 Å². The van der Waals surface area contributed by atoms with Crippen LogP contribution in [0.25, 0.3) is 0 Å². The van der Waals surface area contributed by atoms with E-state index in [1.165, 1.54) is 10.9 Å². The van der Waals surface area contributed by atoms with Crippen LogP contribution in [0.3, 0.4) is 0 Å². The summed E-state index contributed by atoms with van der Waals surface area (Å²) in [7, 11) is 0. The third-order valence-corrected chi connectivity index (χ3v) is 2.59. The summed E-state index contributed by atoms with van der Waals surface area (Å²) in [4.78, 5) is 22.3. The van der Waals surface area contributed by atoms with Crippen LogP contribution in [-0.4, -0.2) is 43.6 Å². The van der Waals surface area contributed by atoms with Crippen molar-refractivity contribution >= 4 is 11.9 Å². The highest BCUT2D eigenvalue weighted by molar-refractivity contribution is 5.96. The number of halogens is 1. The number of aromatic hydroxyl groups is 1. The topological polar surface area (TPSA) is 117 Å². The van der Waals surface area contributed by atoms with E-state index in [1.54, 1.807) is 0 Å². The number of carbonyl (C=O) groups is 2. The molecule has 0 saturated carbocycles. The zero-order chi connectivity index (χ0) is 15.4. The molecule has 110 valence electrons. The number of nitrogens with one attached hydrogen (secondary N) is 1. The highest BCUT2D eigenvalue weighted by Crippen LogP contribution is 2.17. The Kier molecular flexibility index (Phi) is 4.12. The monoisotopic (exact) mass is 294 g/mol. The minimum Gasteiger partial charge on any atom is -0.507 e. The van der Waals surface area contributed by atoms with Gasteiger partial charge in [-0.05, 0) is 12.1 Å². The number of carboxylic acid groups (broad SMARTS) is 1. The zero-order valence-corrected chi connectivity index (χ0v) is 10.7. The Balaban J connectivity index is 1.90. The van der Waals surface area contributed by atoms with Crippen molar-refractivity contribution < 1.29 is 24.2 Å². The van der Waals surface area contributed by atoms with Crippen LogP contribution < -0.4 is 5.32 Å². The van der Waals surface area contributed by atoms with Crippen LogP contribution in [0.4, 0.5) is 4.39 Å². The number of amides is 1. The number of aromatic nitrogens is 3. The molecule has 0 fully saturated rings. The van der Waals surface area contributed by atoms with Crippen molar-refractivity contribution in [3.63, 3.8) is 0 Å². The van der Waals surface area contributed by atoms with E-state index in [9.17, 15) is 19.1 Å². The molecule has 0 aliphatic heterocycles. The molecule has 8 nitrogen and oxygen atoms in total. The minimum atomic E-state index is -1.19. The second kappa shape index (κ2) is 5.99. The molecule has 1 heterocycles. The molecule has 1 aromatic heterocycles. The fourth-order valence-electron chi connectivity index (χ4n) is 1.58. The van der Waals surface area contributed by atoms with Gasteiger partial charge in [0, 0.05) is 12.6 Å². The Morgan fingerprint density at radius 2 is 2.14 bits per heavy atom. The molecule has 21 heavy (non-hydrogen) atoms. The second-order valence-corrected chi connectivity index (χ2v) is 4.09. The molecule has 0 aliphatic rings. The van der Waals surface area contributed by atoms with E-state index in [0.717, 1.165) is 18.2 Å². The summed E-state index contributed by atoms with van der Waals surface area (Å²) in [5.74, 6) is -2.87. The maximum Gasteiger partial charge on any atom is 0.358 e. The van der Waals surface area contributed by atoms with Gasteiger partial charge >= 0.3 is 5.97 Å². The van der Waals surface area contributed by atoms with Crippen LogP contribution in [0.5, 0.6) is 5.75 Å². The van der Waals surface area contributed by atoms with Gasteiger partial charge < -0.3 is 15.5 Å². The Morgan fingerprint density at radius 1 is 1.38 bits per heavy atom. The lowest BCUT2D eigenvalue weighted by molar-refractivity contribution is 0.0690. The van der Waals surface area contributed by atoms with Crippen LogP contribution >= 0.6 is 0 Å². The number of nitrogens with zero attached hydrogens (tertiary/aromatic N) is 3. The van der Waals surface area contributed by atoms with E-state index in [4.69, 9.17) is 5.11 Å². The molecule has 1 amide bonds. The van der Waals surface area contributed by atoms with E-state index in [1.807, 2.05) is 0 Å². The number of phenols is 1. The summed E-state index contributed by atoms with van der Waals surface area (Å²) in [5, 5.41) is 27.6. The largest absolute Gasteiger partial charge is 0.507 e. The average molecular weight is 294 g/mol. The van der Waals surface area contributed by atoms with E-state index in [2.05, 4.69) is 15.6 Å². The number of phenolic OH excluding ortho intramolecular Hbond substituents is 1. The molecule has 0 atom stereocenters. The molecule has 0 unspecified atom stereocenters. The molecule has 2 aromatic rings. The number of hydrogen-bond acceptors (Lipinski definition) is 5. The third-order valence-electron chi connectivity index (χ3n) is 2.59. The molecular weight excluding hydrogens is 283 g/mol. The first-order valence-corrected chi connectivity index (χ1v) is 5.87. The quantitative estimate of drug-likeness (QED) is 0.727. The Bertz CT molecular complexity index is 686. The minimum absolute atomic E-state index is 0.0544. The number of aromatic carboxylic acids is 1. The van der Waals surface area contributed by atoms with Gasteiger partial charge in [0.1, 0.15) is 11.6 Å². The standard InChI is InChI=1S/C12H11FN4O4/c13-7-1-2-8(10(18)5-7)11(19)14-3-4-17-6-9(12(20)21)15-16-17/h1-2,5-6,18H,3-4H2,(H,14,19)(H,20,21). The predicted molar refractivity (Wildman–Crippen MR) is 67.4 cm³/mol. The fourth-order valence-corrected chi connectivity index (χ4v) is 1.58.